The Labute approximate surface area is 122 Å². The molecule has 0 atom stereocenters. The molecule has 1 aliphatic carbocycles. The second-order valence-electron chi connectivity index (χ2n) is 5.82. The molecule has 1 aromatic rings. The lowest BCUT2D eigenvalue weighted by molar-refractivity contribution is 0.417. The Morgan fingerprint density at radius 3 is 2.60 bits per heavy atom. The fourth-order valence-corrected chi connectivity index (χ4v) is 3.02. The Morgan fingerprint density at radius 2 is 1.95 bits per heavy atom. The van der Waals surface area contributed by atoms with Crippen LogP contribution < -0.4 is 15.8 Å². The van der Waals surface area contributed by atoms with Gasteiger partial charge in [0.05, 0.1) is 12.8 Å². The van der Waals surface area contributed by atoms with E-state index >= 15 is 0 Å². The Hall–Kier alpha value is -1.22. The molecule has 1 aliphatic rings. The molecule has 0 aromatic heterocycles. The molecule has 3 heteroatoms. The van der Waals surface area contributed by atoms with Crippen LogP contribution in [0, 0.1) is 0 Å². The number of nitrogen functional groups attached to an aromatic ring is 1. The molecule has 0 aliphatic heterocycles. The van der Waals surface area contributed by atoms with Gasteiger partial charge in [-0.2, -0.15) is 0 Å². The smallest absolute Gasteiger partial charge is 0.141 e. The van der Waals surface area contributed by atoms with Crippen molar-refractivity contribution in [2.24, 2.45) is 0 Å². The van der Waals surface area contributed by atoms with Crippen LogP contribution in [0.4, 0.5) is 5.69 Å². The average molecular weight is 276 g/mol. The van der Waals surface area contributed by atoms with Gasteiger partial charge in [-0.05, 0) is 49.9 Å². The first-order valence-corrected chi connectivity index (χ1v) is 7.95. The summed E-state index contributed by atoms with van der Waals surface area (Å²) in [6.07, 6.45) is 10.6. The molecule has 112 valence electrons. The van der Waals surface area contributed by atoms with Crippen LogP contribution in [0.15, 0.2) is 18.2 Å². The summed E-state index contributed by atoms with van der Waals surface area (Å²) in [6.45, 7) is 1.11. The standard InChI is InChI=1S/C17H28N2O/c1-20-17-11-10-14(13-16(17)18)7-6-12-19-15-8-4-2-3-5-9-15/h10-11,13,15,19H,2-9,12,18H2,1H3. The maximum atomic E-state index is 5.93. The van der Waals surface area contributed by atoms with Gasteiger partial charge in [-0.3, -0.25) is 0 Å². The number of benzene rings is 1. The van der Waals surface area contributed by atoms with Gasteiger partial charge in [0.15, 0.2) is 0 Å². The van der Waals surface area contributed by atoms with Gasteiger partial charge in [0.1, 0.15) is 5.75 Å². The Bertz CT molecular complexity index is 398. The molecule has 20 heavy (non-hydrogen) atoms. The number of aryl methyl sites for hydroxylation is 1. The number of nitrogens with two attached hydrogens (primary N) is 1. The molecule has 0 heterocycles. The minimum absolute atomic E-state index is 0.738. The van der Waals surface area contributed by atoms with E-state index < -0.39 is 0 Å². The van der Waals surface area contributed by atoms with Gasteiger partial charge in [-0.1, -0.05) is 31.7 Å². The van der Waals surface area contributed by atoms with E-state index in [9.17, 15) is 0 Å². The number of hydrogen-bond acceptors (Lipinski definition) is 3. The minimum atomic E-state index is 0.738. The lowest BCUT2D eigenvalue weighted by Crippen LogP contribution is -2.29. The largest absolute Gasteiger partial charge is 0.495 e. The topological polar surface area (TPSA) is 47.3 Å². The van der Waals surface area contributed by atoms with Crippen LogP contribution >= 0.6 is 0 Å². The van der Waals surface area contributed by atoms with Crippen molar-refractivity contribution in [3.05, 3.63) is 23.8 Å². The van der Waals surface area contributed by atoms with Crippen molar-refractivity contribution in [3.63, 3.8) is 0 Å². The maximum absolute atomic E-state index is 5.93. The molecule has 0 bridgehead atoms. The predicted molar refractivity (Wildman–Crippen MR) is 85.2 cm³/mol. The summed E-state index contributed by atoms with van der Waals surface area (Å²) in [5.74, 6) is 0.769. The van der Waals surface area contributed by atoms with Crippen LogP contribution in [0.3, 0.4) is 0 Å². The fraction of sp³-hybridized carbons (Fsp3) is 0.647. The van der Waals surface area contributed by atoms with Crippen molar-refractivity contribution in [3.8, 4) is 5.75 Å². The normalized spacial score (nSPS) is 16.9. The van der Waals surface area contributed by atoms with E-state index in [2.05, 4.69) is 11.4 Å². The monoisotopic (exact) mass is 276 g/mol. The number of ether oxygens (including phenoxy) is 1. The first-order valence-electron chi connectivity index (χ1n) is 7.95. The van der Waals surface area contributed by atoms with E-state index in [-0.39, 0.29) is 0 Å². The second-order valence-corrected chi connectivity index (χ2v) is 5.82. The lowest BCUT2D eigenvalue weighted by Gasteiger charge is -2.16. The molecule has 2 rings (SSSR count). The van der Waals surface area contributed by atoms with E-state index in [1.165, 1.54) is 50.5 Å². The van der Waals surface area contributed by atoms with Crippen LogP contribution in [-0.4, -0.2) is 19.7 Å². The van der Waals surface area contributed by atoms with Crippen molar-refractivity contribution in [1.29, 1.82) is 0 Å². The van der Waals surface area contributed by atoms with Crippen molar-refractivity contribution in [1.82, 2.24) is 5.32 Å². The second kappa shape index (κ2) is 8.15. The number of methoxy groups -OCH3 is 1. The number of nitrogens with one attached hydrogen (secondary N) is 1. The highest BCUT2D eigenvalue weighted by Gasteiger charge is 2.10. The third kappa shape index (κ3) is 4.71. The summed E-state index contributed by atoms with van der Waals surface area (Å²) in [4.78, 5) is 0. The summed E-state index contributed by atoms with van der Waals surface area (Å²) >= 11 is 0. The molecule has 0 amide bonds. The summed E-state index contributed by atoms with van der Waals surface area (Å²) in [7, 11) is 1.65. The molecule has 3 N–H and O–H groups in total. The highest BCUT2D eigenvalue weighted by molar-refractivity contribution is 5.54. The third-order valence-corrected chi connectivity index (χ3v) is 4.22. The first kappa shape index (κ1) is 15.2. The van der Waals surface area contributed by atoms with E-state index in [4.69, 9.17) is 10.5 Å². The van der Waals surface area contributed by atoms with Crippen LogP contribution in [-0.2, 0) is 6.42 Å². The number of hydrogen-bond donors (Lipinski definition) is 2. The molecule has 1 aromatic carbocycles. The molecule has 0 spiro atoms. The zero-order valence-corrected chi connectivity index (χ0v) is 12.7. The zero-order valence-electron chi connectivity index (χ0n) is 12.7. The van der Waals surface area contributed by atoms with E-state index in [1.807, 2.05) is 12.1 Å². The predicted octanol–water partition coefficient (Wildman–Crippen LogP) is 3.52. The molecule has 0 radical (unpaired) electrons. The molecular weight excluding hydrogens is 248 g/mol. The average Bonchev–Trinajstić information content (AvgIpc) is 2.72. The first-order chi connectivity index (χ1) is 9.79. The van der Waals surface area contributed by atoms with Gasteiger partial charge >= 0.3 is 0 Å². The SMILES string of the molecule is COc1ccc(CCCNC2CCCCCC2)cc1N. The van der Waals surface area contributed by atoms with Crippen molar-refractivity contribution < 1.29 is 4.74 Å². The molecule has 0 saturated heterocycles. The van der Waals surface area contributed by atoms with Crippen LogP contribution in [0.1, 0.15) is 50.5 Å². The Kier molecular flexibility index (Phi) is 6.19. The van der Waals surface area contributed by atoms with Gasteiger partial charge in [0.25, 0.3) is 0 Å². The Balaban J connectivity index is 1.68. The van der Waals surface area contributed by atoms with Crippen molar-refractivity contribution in [2.45, 2.75) is 57.4 Å². The molecule has 1 fully saturated rings. The summed E-state index contributed by atoms with van der Waals surface area (Å²) < 4.78 is 5.18. The summed E-state index contributed by atoms with van der Waals surface area (Å²) in [5.41, 5.74) is 7.96. The van der Waals surface area contributed by atoms with E-state index in [0.29, 0.717) is 0 Å². The zero-order chi connectivity index (χ0) is 14.2. The summed E-state index contributed by atoms with van der Waals surface area (Å²) in [6, 6.07) is 6.85. The van der Waals surface area contributed by atoms with Crippen LogP contribution in [0.2, 0.25) is 0 Å². The maximum Gasteiger partial charge on any atom is 0.141 e. The summed E-state index contributed by atoms with van der Waals surface area (Å²) in [5, 5.41) is 3.71. The lowest BCUT2D eigenvalue weighted by atomic mass is 10.1. The highest BCUT2D eigenvalue weighted by atomic mass is 16.5. The van der Waals surface area contributed by atoms with Gasteiger partial charge in [-0.15, -0.1) is 0 Å². The number of anilines is 1. The van der Waals surface area contributed by atoms with Gasteiger partial charge in [0, 0.05) is 6.04 Å². The Morgan fingerprint density at radius 1 is 1.20 bits per heavy atom. The van der Waals surface area contributed by atoms with Gasteiger partial charge in [-0.25, -0.2) is 0 Å². The minimum Gasteiger partial charge on any atom is -0.495 e. The highest BCUT2D eigenvalue weighted by Crippen LogP contribution is 2.22. The quantitative estimate of drug-likeness (QED) is 0.475. The van der Waals surface area contributed by atoms with Crippen molar-refractivity contribution in [2.75, 3.05) is 19.4 Å². The molecule has 0 unspecified atom stereocenters. The van der Waals surface area contributed by atoms with Gasteiger partial charge < -0.3 is 15.8 Å². The number of rotatable bonds is 6. The third-order valence-electron chi connectivity index (χ3n) is 4.22. The molecular formula is C17H28N2O. The van der Waals surface area contributed by atoms with Crippen LogP contribution in [0.5, 0.6) is 5.75 Å². The molecule has 3 nitrogen and oxygen atoms in total. The molecule has 1 saturated carbocycles. The van der Waals surface area contributed by atoms with Crippen LogP contribution in [0.25, 0.3) is 0 Å². The fourth-order valence-electron chi connectivity index (χ4n) is 3.02. The van der Waals surface area contributed by atoms with E-state index in [1.54, 1.807) is 7.11 Å². The van der Waals surface area contributed by atoms with E-state index in [0.717, 1.165) is 30.4 Å². The van der Waals surface area contributed by atoms with Gasteiger partial charge in [0.2, 0.25) is 0 Å². The van der Waals surface area contributed by atoms with Crippen molar-refractivity contribution >= 4 is 5.69 Å².